The SMILES string of the molecule is CN(C)S(=O)(=O)c1ccc2oc(SC[C@@H]3CC3(Cl)Cl)nc2c1. The molecule has 5 nitrogen and oxygen atoms in total. The fraction of sp³-hybridized carbons (Fsp3) is 0.462. The Morgan fingerprint density at radius 3 is 2.73 bits per heavy atom. The number of thioether (sulfide) groups is 1. The largest absolute Gasteiger partial charge is 0.431 e. The van der Waals surface area contributed by atoms with E-state index in [0.717, 1.165) is 16.5 Å². The first-order valence-electron chi connectivity index (χ1n) is 6.54. The lowest BCUT2D eigenvalue weighted by Crippen LogP contribution is -2.22. The van der Waals surface area contributed by atoms with E-state index in [1.807, 2.05) is 0 Å². The van der Waals surface area contributed by atoms with E-state index in [1.54, 1.807) is 6.07 Å². The highest BCUT2D eigenvalue weighted by Gasteiger charge is 2.51. The topological polar surface area (TPSA) is 63.4 Å². The summed E-state index contributed by atoms with van der Waals surface area (Å²) in [7, 11) is -0.500. The van der Waals surface area contributed by atoms with E-state index >= 15 is 0 Å². The molecule has 1 aromatic heterocycles. The molecule has 0 saturated heterocycles. The van der Waals surface area contributed by atoms with Crippen LogP contribution < -0.4 is 0 Å². The zero-order valence-electron chi connectivity index (χ0n) is 11.9. The molecule has 9 heteroatoms. The molecule has 0 amide bonds. The van der Waals surface area contributed by atoms with Gasteiger partial charge in [0, 0.05) is 25.8 Å². The number of hydrogen-bond donors (Lipinski definition) is 0. The molecule has 0 spiro atoms. The van der Waals surface area contributed by atoms with Gasteiger partial charge in [0.25, 0.3) is 5.22 Å². The monoisotopic (exact) mass is 380 g/mol. The third-order valence-corrected chi connectivity index (χ3v) is 7.21. The highest BCUT2D eigenvalue weighted by molar-refractivity contribution is 7.99. The number of rotatable bonds is 5. The van der Waals surface area contributed by atoms with Crippen LogP contribution in [0.4, 0.5) is 0 Å². The van der Waals surface area contributed by atoms with Crippen molar-refractivity contribution in [3.63, 3.8) is 0 Å². The number of benzene rings is 1. The minimum Gasteiger partial charge on any atom is -0.431 e. The summed E-state index contributed by atoms with van der Waals surface area (Å²) >= 11 is 13.4. The Hall–Kier alpha value is -0.470. The van der Waals surface area contributed by atoms with Crippen molar-refractivity contribution in [2.24, 2.45) is 5.92 Å². The fourth-order valence-electron chi connectivity index (χ4n) is 1.94. The van der Waals surface area contributed by atoms with Crippen molar-refractivity contribution in [2.45, 2.75) is 20.9 Å². The van der Waals surface area contributed by atoms with E-state index in [1.165, 1.54) is 38.0 Å². The molecule has 2 aromatic rings. The molecule has 1 atom stereocenters. The molecule has 0 aliphatic heterocycles. The third kappa shape index (κ3) is 3.10. The van der Waals surface area contributed by atoms with Crippen LogP contribution in [0.25, 0.3) is 11.1 Å². The van der Waals surface area contributed by atoms with E-state index in [4.69, 9.17) is 27.6 Å². The number of alkyl halides is 2. The van der Waals surface area contributed by atoms with Crippen LogP contribution in [0.5, 0.6) is 0 Å². The molecule has 0 radical (unpaired) electrons. The van der Waals surface area contributed by atoms with Gasteiger partial charge in [0.2, 0.25) is 10.0 Å². The van der Waals surface area contributed by atoms with E-state index in [0.29, 0.717) is 16.3 Å². The normalized spacial score (nSPS) is 20.7. The summed E-state index contributed by atoms with van der Waals surface area (Å²) in [6, 6.07) is 4.65. The number of fused-ring (bicyclic) bond motifs is 1. The Morgan fingerprint density at radius 2 is 2.14 bits per heavy atom. The number of aromatic nitrogens is 1. The summed E-state index contributed by atoms with van der Waals surface area (Å²) in [6.45, 7) is 0. The van der Waals surface area contributed by atoms with Crippen molar-refractivity contribution in [2.75, 3.05) is 19.8 Å². The summed E-state index contributed by atoms with van der Waals surface area (Å²) in [5.74, 6) is 0.961. The molecule has 1 aromatic carbocycles. The van der Waals surface area contributed by atoms with Gasteiger partial charge in [-0.2, -0.15) is 0 Å². The van der Waals surface area contributed by atoms with Gasteiger partial charge in [0.05, 0.1) is 4.90 Å². The number of hydrogen-bond acceptors (Lipinski definition) is 5. The number of halogens is 2. The van der Waals surface area contributed by atoms with E-state index in [9.17, 15) is 8.42 Å². The number of nitrogens with zero attached hydrogens (tertiary/aromatic N) is 2. The van der Waals surface area contributed by atoms with Gasteiger partial charge in [-0.25, -0.2) is 17.7 Å². The van der Waals surface area contributed by atoms with Gasteiger partial charge in [-0.1, -0.05) is 11.8 Å². The van der Waals surface area contributed by atoms with Gasteiger partial charge in [-0.15, -0.1) is 23.2 Å². The zero-order chi connectivity index (χ0) is 16.1. The van der Waals surface area contributed by atoms with E-state index in [2.05, 4.69) is 4.98 Å². The maximum absolute atomic E-state index is 12.1. The zero-order valence-corrected chi connectivity index (χ0v) is 15.1. The van der Waals surface area contributed by atoms with Crippen LogP contribution in [0, 0.1) is 5.92 Å². The Balaban J connectivity index is 1.81. The van der Waals surface area contributed by atoms with Crippen LogP contribution in [0.2, 0.25) is 0 Å². The predicted octanol–water partition coefficient (Wildman–Crippen LogP) is 3.36. The molecule has 1 saturated carbocycles. The lowest BCUT2D eigenvalue weighted by atomic mass is 10.3. The van der Waals surface area contributed by atoms with Gasteiger partial charge in [0.1, 0.15) is 9.85 Å². The molecule has 0 unspecified atom stereocenters. The van der Waals surface area contributed by atoms with Crippen molar-refractivity contribution in [1.82, 2.24) is 9.29 Å². The minimum atomic E-state index is -3.48. The standard InChI is InChI=1S/C13H14Cl2N2O3S2/c1-17(2)22(18,19)9-3-4-11-10(5-9)16-12(20-11)21-7-8-6-13(8,14)15/h3-5,8H,6-7H2,1-2H3/t8-/m0/s1. The summed E-state index contributed by atoms with van der Waals surface area (Å²) in [4.78, 5) is 4.51. The van der Waals surface area contributed by atoms with Crippen LogP contribution in [-0.4, -0.2) is 41.9 Å². The van der Waals surface area contributed by atoms with Gasteiger partial charge in [0.15, 0.2) is 5.58 Å². The van der Waals surface area contributed by atoms with Crippen LogP contribution in [0.3, 0.4) is 0 Å². The summed E-state index contributed by atoms with van der Waals surface area (Å²) in [6.07, 6.45) is 0.772. The quantitative estimate of drug-likeness (QED) is 0.587. The van der Waals surface area contributed by atoms with Gasteiger partial charge in [-0.3, -0.25) is 0 Å². The second kappa shape index (κ2) is 5.56. The minimum absolute atomic E-state index is 0.192. The van der Waals surface area contributed by atoms with Crippen LogP contribution in [0.15, 0.2) is 32.7 Å². The maximum Gasteiger partial charge on any atom is 0.256 e. The Labute approximate surface area is 143 Å². The van der Waals surface area contributed by atoms with Crippen molar-refractivity contribution >= 4 is 56.1 Å². The summed E-state index contributed by atoms with van der Waals surface area (Å²) < 4.78 is 30.4. The second-order valence-electron chi connectivity index (χ2n) is 5.37. The molecule has 22 heavy (non-hydrogen) atoms. The molecule has 0 bridgehead atoms. The predicted molar refractivity (Wildman–Crippen MR) is 88.1 cm³/mol. The lowest BCUT2D eigenvalue weighted by molar-refractivity contribution is 0.489. The first kappa shape index (κ1) is 16.4. The second-order valence-corrected chi connectivity index (χ2v) is 10.0. The van der Waals surface area contributed by atoms with Gasteiger partial charge >= 0.3 is 0 Å². The first-order chi connectivity index (χ1) is 10.2. The molecule has 1 aliphatic carbocycles. The average molecular weight is 381 g/mol. The van der Waals surface area contributed by atoms with Crippen molar-refractivity contribution in [3.8, 4) is 0 Å². The summed E-state index contributed by atoms with van der Waals surface area (Å²) in [5.41, 5.74) is 1.07. The first-order valence-corrected chi connectivity index (χ1v) is 9.72. The van der Waals surface area contributed by atoms with Crippen molar-refractivity contribution < 1.29 is 12.8 Å². The smallest absolute Gasteiger partial charge is 0.256 e. The average Bonchev–Trinajstić information content (AvgIpc) is 2.87. The molecule has 120 valence electrons. The number of sulfonamides is 1. The van der Waals surface area contributed by atoms with Crippen molar-refractivity contribution in [1.29, 1.82) is 0 Å². The summed E-state index contributed by atoms with van der Waals surface area (Å²) in [5, 5.41) is 0.491. The van der Waals surface area contributed by atoms with Crippen LogP contribution in [0.1, 0.15) is 6.42 Å². The van der Waals surface area contributed by atoms with Gasteiger partial charge in [-0.05, 0) is 24.6 Å². The highest BCUT2D eigenvalue weighted by Crippen LogP contribution is 2.54. The van der Waals surface area contributed by atoms with E-state index in [-0.39, 0.29) is 10.8 Å². The number of oxazole rings is 1. The molecule has 3 rings (SSSR count). The van der Waals surface area contributed by atoms with Crippen molar-refractivity contribution in [3.05, 3.63) is 18.2 Å². The Kier molecular flexibility index (Phi) is 4.14. The van der Waals surface area contributed by atoms with Gasteiger partial charge < -0.3 is 4.42 Å². The molecular weight excluding hydrogens is 367 g/mol. The fourth-order valence-corrected chi connectivity index (χ4v) is 4.63. The molecule has 1 heterocycles. The molecule has 1 fully saturated rings. The Morgan fingerprint density at radius 1 is 1.45 bits per heavy atom. The van der Waals surface area contributed by atoms with Crippen LogP contribution >= 0.6 is 35.0 Å². The van der Waals surface area contributed by atoms with Crippen LogP contribution in [-0.2, 0) is 10.0 Å². The molecule has 0 N–H and O–H groups in total. The lowest BCUT2D eigenvalue weighted by Gasteiger charge is -2.10. The maximum atomic E-state index is 12.1. The molecule has 1 aliphatic rings. The Bertz CT molecular complexity index is 818. The molecular formula is C13H14Cl2N2O3S2. The highest BCUT2D eigenvalue weighted by atomic mass is 35.5. The third-order valence-electron chi connectivity index (χ3n) is 3.48. The van der Waals surface area contributed by atoms with E-state index < -0.39 is 14.4 Å².